The maximum atomic E-state index is 15.6. The van der Waals surface area contributed by atoms with Crippen molar-refractivity contribution in [2.75, 3.05) is 0 Å². The first-order valence-electron chi connectivity index (χ1n) is 11.9. The highest BCUT2D eigenvalue weighted by molar-refractivity contribution is 5.95. The van der Waals surface area contributed by atoms with Crippen LogP contribution in [0.5, 0.6) is 5.75 Å². The van der Waals surface area contributed by atoms with Gasteiger partial charge in [-0.25, -0.2) is 13.8 Å². The van der Waals surface area contributed by atoms with Crippen molar-refractivity contribution >= 4 is 11.8 Å². The number of aromatic hydroxyl groups is 1. The summed E-state index contributed by atoms with van der Waals surface area (Å²) in [6, 6.07) is 7.53. The monoisotopic (exact) mass is 509 g/mol. The molecule has 1 aliphatic carbocycles. The van der Waals surface area contributed by atoms with Gasteiger partial charge in [-0.2, -0.15) is 0 Å². The maximum Gasteiger partial charge on any atom is 0.296 e. The van der Waals surface area contributed by atoms with Crippen molar-refractivity contribution < 1.29 is 23.5 Å². The number of hydrogen-bond acceptors (Lipinski definition) is 6. The average Bonchev–Trinajstić information content (AvgIpc) is 3.09. The van der Waals surface area contributed by atoms with Crippen LogP contribution in [0.1, 0.15) is 63.5 Å². The van der Waals surface area contributed by atoms with Crippen LogP contribution in [0.15, 0.2) is 47.5 Å². The van der Waals surface area contributed by atoms with Crippen LogP contribution in [0.2, 0.25) is 0 Å². The summed E-state index contributed by atoms with van der Waals surface area (Å²) in [5, 5.41) is 16.1. The van der Waals surface area contributed by atoms with E-state index in [0.717, 1.165) is 4.57 Å². The number of fused-ring (bicyclic) bond motifs is 2. The molecule has 4 heterocycles. The van der Waals surface area contributed by atoms with Gasteiger partial charge in [0.25, 0.3) is 17.4 Å². The SMILES string of the molecule is Cc1cc(CNC(=O)c2nc3n(c(=O)c2O)CC2(F)CCC3(NC(=O)c3cccnc3)CC2)ccc1F. The van der Waals surface area contributed by atoms with E-state index in [9.17, 15) is 23.9 Å². The summed E-state index contributed by atoms with van der Waals surface area (Å²) in [7, 11) is 0. The Morgan fingerprint density at radius 1 is 1.16 bits per heavy atom. The fourth-order valence-electron chi connectivity index (χ4n) is 5.06. The number of pyridine rings is 1. The van der Waals surface area contributed by atoms with E-state index in [1.165, 1.54) is 24.5 Å². The van der Waals surface area contributed by atoms with Gasteiger partial charge in [0, 0.05) is 18.9 Å². The molecule has 0 atom stereocenters. The van der Waals surface area contributed by atoms with Gasteiger partial charge in [-0.15, -0.1) is 0 Å². The van der Waals surface area contributed by atoms with E-state index < -0.39 is 40.0 Å². The van der Waals surface area contributed by atoms with E-state index in [-0.39, 0.29) is 56.0 Å². The molecule has 1 aromatic carbocycles. The lowest BCUT2D eigenvalue weighted by Gasteiger charge is -2.38. The number of aryl methyl sites for hydroxylation is 1. The number of hydrogen-bond donors (Lipinski definition) is 3. The molecular weight excluding hydrogens is 484 g/mol. The Bertz CT molecular complexity index is 1450. The molecule has 0 saturated heterocycles. The Morgan fingerprint density at radius 3 is 2.59 bits per heavy atom. The van der Waals surface area contributed by atoms with Crippen LogP contribution in [0, 0.1) is 12.7 Å². The molecule has 3 N–H and O–H groups in total. The van der Waals surface area contributed by atoms with Crippen molar-refractivity contribution in [2.24, 2.45) is 0 Å². The first-order valence-corrected chi connectivity index (χ1v) is 11.9. The fraction of sp³-hybridized carbons (Fsp3) is 0.346. The number of amides is 2. The molecule has 3 aliphatic rings. The van der Waals surface area contributed by atoms with Gasteiger partial charge in [-0.1, -0.05) is 12.1 Å². The van der Waals surface area contributed by atoms with E-state index in [0.29, 0.717) is 11.1 Å². The summed E-state index contributed by atoms with van der Waals surface area (Å²) in [5.41, 5.74) is -3.14. The molecule has 2 aliphatic heterocycles. The number of alkyl halides is 1. The number of carbonyl (C=O) groups is 2. The maximum absolute atomic E-state index is 15.6. The first-order chi connectivity index (χ1) is 17.6. The van der Waals surface area contributed by atoms with Gasteiger partial charge >= 0.3 is 0 Å². The quantitative estimate of drug-likeness (QED) is 0.486. The third-order valence-electron chi connectivity index (χ3n) is 7.18. The molecule has 9 nitrogen and oxygen atoms in total. The minimum atomic E-state index is -1.71. The third-order valence-corrected chi connectivity index (χ3v) is 7.18. The lowest BCUT2D eigenvalue weighted by Crippen LogP contribution is -2.50. The molecular formula is C26H25F2N5O4. The highest BCUT2D eigenvalue weighted by Gasteiger charge is 2.52. The average molecular weight is 510 g/mol. The first kappa shape index (κ1) is 24.5. The van der Waals surface area contributed by atoms with Crippen molar-refractivity contribution in [3.05, 3.63) is 87.1 Å². The van der Waals surface area contributed by atoms with E-state index in [1.807, 2.05) is 0 Å². The van der Waals surface area contributed by atoms with Crippen LogP contribution in [-0.2, 0) is 18.6 Å². The number of benzene rings is 1. The third kappa shape index (κ3) is 4.45. The molecule has 2 bridgehead atoms. The zero-order chi connectivity index (χ0) is 26.4. The molecule has 11 heteroatoms. The van der Waals surface area contributed by atoms with Gasteiger partial charge in [-0.3, -0.25) is 23.9 Å². The Balaban J connectivity index is 1.52. The molecule has 37 heavy (non-hydrogen) atoms. The van der Waals surface area contributed by atoms with Crippen LogP contribution in [0.4, 0.5) is 8.78 Å². The number of halogens is 2. The predicted octanol–water partition coefficient (Wildman–Crippen LogP) is 2.64. The van der Waals surface area contributed by atoms with Crippen molar-refractivity contribution in [1.82, 2.24) is 25.2 Å². The lowest BCUT2D eigenvalue weighted by atomic mass is 9.76. The molecule has 1 saturated carbocycles. The van der Waals surface area contributed by atoms with Crippen LogP contribution >= 0.6 is 0 Å². The number of carbonyl (C=O) groups excluding carboxylic acids is 2. The van der Waals surface area contributed by atoms with Gasteiger partial charge in [0.2, 0.25) is 5.75 Å². The molecule has 192 valence electrons. The number of nitrogens with one attached hydrogen (secondary N) is 2. The summed E-state index contributed by atoms with van der Waals surface area (Å²) >= 11 is 0. The predicted molar refractivity (Wildman–Crippen MR) is 128 cm³/mol. The van der Waals surface area contributed by atoms with E-state index in [1.54, 1.807) is 25.1 Å². The van der Waals surface area contributed by atoms with E-state index in [4.69, 9.17) is 0 Å². The van der Waals surface area contributed by atoms with Crippen LogP contribution in [0.25, 0.3) is 0 Å². The Kier molecular flexibility index (Phi) is 6.01. The topological polar surface area (TPSA) is 126 Å². The Labute approximate surface area is 210 Å². The molecule has 2 aromatic heterocycles. The molecule has 0 spiro atoms. The second kappa shape index (κ2) is 9.06. The van der Waals surface area contributed by atoms with Crippen molar-refractivity contribution in [3.63, 3.8) is 0 Å². The van der Waals surface area contributed by atoms with Gasteiger partial charge in [0.15, 0.2) is 5.69 Å². The zero-order valence-corrected chi connectivity index (χ0v) is 20.1. The second-order valence-corrected chi connectivity index (χ2v) is 9.72. The van der Waals surface area contributed by atoms with Crippen molar-refractivity contribution in [3.8, 4) is 5.75 Å². The molecule has 0 radical (unpaired) electrons. The van der Waals surface area contributed by atoms with Crippen LogP contribution in [-0.4, -0.2) is 37.1 Å². The number of aromatic nitrogens is 3. The van der Waals surface area contributed by atoms with Crippen LogP contribution < -0.4 is 16.2 Å². The zero-order valence-electron chi connectivity index (χ0n) is 20.1. The molecule has 6 rings (SSSR count). The molecule has 2 amide bonds. The summed E-state index contributed by atoms with van der Waals surface area (Å²) < 4.78 is 30.1. The second-order valence-electron chi connectivity index (χ2n) is 9.72. The fourth-order valence-corrected chi connectivity index (χ4v) is 5.06. The molecule has 0 unspecified atom stereocenters. The highest BCUT2D eigenvalue weighted by atomic mass is 19.1. The summed E-state index contributed by atoms with van der Waals surface area (Å²) in [4.78, 5) is 47.5. The van der Waals surface area contributed by atoms with Gasteiger partial charge in [-0.05, 0) is 61.9 Å². The minimum Gasteiger partial charge on any atom is -0.501 e. The van der Waals surface area contributed by atoms with E-state index in [2.05, 4.69) is 20.6 Å². The molecule has 1 fully saturated rings. The van der Waals surface area contributed by atoms with Gasteiger partial charge < -0.3 is 15.7 Å². The minimum absolute atomic E-state index is 0.00400. The normalized spacial score (nSPS) is 22.1. The van der Waals surface area contributed by atoms with Crippen LogP contribution in [0.3, 0.4) is 0 Å². The molecule has 3 aromatic rings. The highest BCUT2D eigenvalue weighted by Crippen LogP contribution is 2.46. The Morgan fingerprint density at radius 2 is 1.92 bits per heavy atom. The summed E-state index contributed by atoms with van der Waals surface area (Å²) in [5.74, 6) is -2.58. The van der Waals surface area contributed by atoms with Crippen molar-refractivity contribution in [2.45, 2.75) is 56.9 Å². The Hall–Kier alpha value is -4.15. The number of nitrogens with zero attached hydrogens (tertiary/aromatic N) is 3. The number of rotatable bonds is 5. The van der Waals surface area contributed by atoms with E-state index >= 15 is 4.39 Å². The standard InChI is InChI=1S/C26H25F2N5O4/c1-15-11-16(4-5-18(15)27)12-30-22(36)19-20(34)23(37)33-14-25(28)6-8-26(9-7-25,24(33)31-19)32-21(35)17-3-2-10-29-13-17/h2-5,10-11,13,34H,6-9,12,14H2,1H3,(H,30,36)(H,32,35). The van der Waals surface area contributed by atoms with Gasteiger partial charge in [0.1, 0.15) is 17.3 Å². The summed E-state index contributed by atoms with van der Waals surface area (Å²) in [6.45, 7) is 1.24. The lowest BCUT2D eigenvalue weighted by molar-refractivity contribution is 0.0561. The summed E-state index contributed by atoms with van der Waals surface area (Å²) in [6.07, 6.45) is 3.35. The van der Waals surface area contributed by atoms with Gasteiger partial charge in [0.05, 0.1) is 17.6 Å². The smallest absolute Gasteiger partial charge is 0.296 e. The van der Waals surface area contributed by atoms with Crippen molar-refractivity contribution in [1.29, 1.82) is 0 Å². The largest absolute Gasteiger partial charge is 0.501 e.